The summed E-state index contributed by atoms with van der Waals surface area (Å²) in [5.74, 6) is -2.95. The number of carboxylic acid groups (broad SMARTS) is 2. The van der Waals surface area contributed by atoms with Gasteiger partial charge < -0.3 is 20.1 Å². The van der Waals surface area contributed by atoms with Crippen molar-refractivity contribution < 1.29 is 34.4 Å². The quantitative estimate of drug-likeness (QED) is 0.365. The van der Waals surface area contributed by atoms with Crippen LogP contribution >= 0.6 is 0 Å². The first-order valence-electron chi connectivity index (χ1n) is 4.78. The lowest BCUT2D eigenvalue weighted by molar-refractivity contribution is -0.165. The Balaban J connectivity index is 0. The van der Waals surface area contributed by atoms with Crippen LogP contribution in [0.4, 0.5) is 0 Å². The van der Waals surface area contributed by atoms with Crippen LogP contribution in [-0.4, -0.2) is 39.5 Å². The minimum atomic E-state index is -1.26. The van der Waals surface area contributed by atoms with E-state index >= 15 is 0 Å². The Morgan fingerprint density at radius 3 is 1.82 bits per heavy atom. The molecule has 7 nitrogen and oxygen atoms in total. The summed E-state index contributed by atoms with van der Waals surface area (Å²) in [7, 11) is 0. The molecule has 0 rings (SSSR count). The van der Waals surface area contributed by atoms with E-state index < -0.39 is 24.2 Å². The third kappa shape index (κ3) is 20.2. The smallest absolute Gasteiger partial charge is 0.328 e. The Labute approximate surface area is 98.3 Å². The SMILES string of the molecule is CCCC(O)OC(C)=O.O=C(O)C=CC(=O)O. The predicted octanol–water partition coefficient (Wildman–Crippen LogP) is 0.380. The van der Waals surface area contributed by atoms with Gasteiger partial charge in [0.2, 0.25) is 6.29 Å². The molecule has 0 heterocycles. The summed E-state index contributed by atoms with van der Waals surface area (Å²) in [6.07, 6.45) is 1.53. The minimum absolute atomic E-state index is 0.434. The zero-order valence-electron chi connectivity index (χ0n) is 9.62. The van der Waals surface area contributed by atoms with Gasteiger partial charge in [-0.2, -0.15) is 0 Å². The van der Waals surface area contributed by atoms with Gasteiger partial charge in [0.1, 0.15) is 0 Å². The number of hydrogen-bond acceptors (Lipinski definition) is 5. The highest BCUT2D eigenvalue weighted by molar-refractivity contribution is 5.89. The van der Waals surface area contributed by atoms with Gasteiger partial charge in [-0.15, -0.1) is 0 Å². The minimum Gasteiger partial charge on any atom is -0.478 e. The van der Waals surface area contributed by atoms with E-state index in [1.54, 1.807) is 0 Å². The summed E-state index contributed by atoms with van der Waals surface area (Å²) < 4.78 is 4.41. The second-order valence-electron chi connectivity index (χ2n) is 2.86. The van der Waals surface area contributed by atoms with Crippen LogP contribution in [0, 0.1) is 0 Å². The highest BCUT2D eigenvalue weighted by Gasteiger charge is 2.03. The first-order valence-corrected chi connectivity index (χ1v) is 4.78. The van der Waals surface area contributed by atoms with Gasteiger partial charge in [-0.05, 0) is 0 Å². The molecule has 17 heavy (non-hydrogen) atoms. The molecule has 98 valence electrons. The highest BCUT2D eigenvalue weighted by Crippen LogP contribution is 1.96. The summed E-state index contributed by atoms with van der Waals surface area (Å²) in [5, 5.41) is 24.4. The van der Waals surface area contributed by atoms with Crippen LogP contribution in [0.1, 0.15) is 26.7 Å². The second kappa shape index (κ2) is 10.6. The van der Waals surface area contributed by atoms with Crippen molar-refractivity contribution in [3.05, 3.63) is 12.2 Å². The largest absolute Gasteiger partial charge is 0.478 e. The van der Waals surface area contributed by atoms with E-state index in [2.05, 4.69) is 4.74 Å². The molecule has 0 amide bonds. The molecule has 0 aliphatic heterocycles. The number of esters is 1. The standard InChI is InChI=1S/C6H12O3.C4H4O4/c1-3-4-6(8)9-5(2)7;5-3(6)1-2-4(7)8/h6,8H,3-4H2,1-2H3;1-2H,(H,5,6)(H,7,8). The van der Waals surface area contributed by atoms with Gasteiger partial charge in [0.15, 0.2) is 0 Å². The summed E-state index contributed by atoms with van der Waals surface area (Å²) in [5.41, 5.74) is 0. The third-order valence-electron chi connectivity index (χ3n) is 1.21. The number of ether oxygens (including phenoxy) is 1. The molecule has 0 aliphatic rings. The van der Waals surface area contributed by atoms with E-state index in [9.17, 15) is 14.4 Å². The molecule has 1 unspecified atom stereocenters. The number of carbonyl (C=O) groups is 3. The first-order chi connectivity index (χ1) is 7.79. The summed E-state index contributed by atoms with van der Waals surface area (Å²) in [4.78, 5) is 29.3. The van der Waals surface area contributed by atoms with Gasteiger partial charge in [-0.25, -0.2) is 9.59 Å². The Bertz CT molecular complexity index is 266. The lowest BCUT2D eigenvalue weighted by Crippen LogP contribution is -2.14. The van der Waals surface area contributed by atoms with Gasteiger partial charge >= 0.3 is 17.9 Å². The summed E-state index contributed by atoms with van der Waals surface area (Å²) >= 11 is 0. The third-order valence-corrected chi connectivity index (χ3v) is 1.21. The van der Waals surface area contributed by atoms with E-state index in [0.29, 0.717) is 18.6 Å². The number of carbonyl (C=O) groups excluding carboxylic acids is 1. The van der Waals surface area contributed by atoms with E-state index in [1.165, 1.54) is 6.92 Å². The van der Waals surface area contributed by atoms with Crippen LogP contribution in [0.2, 0.25) is 0 Å². The van der Waals surface area contributed by atoms with Gasteiger partial charge in [0.25, 0.3) is 0 Å². The van der Waals surface area contributed by atoms with Crippen LogP contribution in [0.25, 0.3) is 0 Å². The Hall–Kier alpha value is -1.89. The number of carboxylic acids is 2. The van der Waals surface area contributed by atoms with E-state index in [1.807, 2.05) is 6.92 Å². The van der Waals surface area contributed by atoms with Crippen molar-refractivity contribution in [3.8, 4) is 0 Å². The van der Waals surface area contributed by atoms with E-state index in [-0.39, 0.29) is 0 Å². The lowest BCUT2D eigenvalue weighted by atomic mass is 10.3. The molecule has 3 N–H and O–H groups in total. The highest BCUT2D eigenvalue weighted by atomic mass is 16.6. The van der Waals surface area contributed by atoms with Gasteiger partial charge in [-0.3, -0.25) is 4.79 Å². The summed E-state index contributed by atoms with van der Waals surface area (Å²) in [6, 6.07) is 0. The molecule has 7 heteroatoms. The van der Waals surface area contributed by atoms with Crippen LogP contribution in [0.5, 0.6) is 0 Å². The number of aliphatic hydroxyl groups is 1. The molecule has 0 aliphatic carbocycles. The fraction of sp³-hybridized carbons (Fsp3) is 0.500. The molecular weight excluding hydrogens is 232 g/mol. The van der Waals surface area contributed by atoms with Crippen molar-refractivity contribution in [1.29, 1.82) is 0 Å². The topological polar surface area (TPSA) is 121 Å². The monoisotopic (exact) mass is 248 g/mol. The fourth-order valence-electron chi connectivity index (χ4n) is 0.640. The van der Waals surface area contributed by atoms with E-state index in [4.69, 9.17) is 15.3 Å². The molecule has 0 spiro atoms. The maximum absolute atomic E-state index is 10.1. The average Bonchev–Trinajstić information content (AvgIpc) is 2.14. The zero-order chi connectivity index (χ0) is 13.8. The molecule has 1 atom stereocenters. The number of aliphatic hydroxyl groups excluding tert-OH is 1. The number of hydrogen-bond donors (Lipinski definition) is 3. The summed E-state index contributed by atoms with van der Waals surface area (Å²) in [6.45, 7) is 3.19. The first kappa shape index (κ1) is 17.5. The van der Waals surface area contributed by atoms with Crippen molar-refractivity contribution in [2.45, 2.75) is 33.0 Å². The van der Waals surface area contributed by atoms with Crippen molar-refractivity contribution in [1.82, 2.24) is 0 Å². The molecule has 0 fully saturated rings. The normalized spacial score (nSPS) is 11.2. The molecule has 0 radical (unpaired) electrons. The Morgan fingerprint density at radius 2 is 1.59 bits per heavy atom. The van der Waals surface area contributed by atoms with E-state index in [0.717, 1.165) is 6.42 Å². The molecule has 0 aromatic carbocycles. The zero-order valence-corrected chi connectivity index (χ0v) is 9.62. The Kier molecular flexibility index (Phi) is 10.9. The number of aliphatic carboxylic acids is 2. The molecule has 0 bridgehead atoms. The predicted molar refractivity (Wildman–Crippen MR) is 57.1 cm³/mol. The second-order valence-corrected chi connectivity index (χ2v) is 2.86. The van der Waals surface area contributed by atoms with Gasteiger partial charge in [-0.1, -0.05) is 13.3 Å². The molecule has 0 saturated carbocycles. The van der Waals surface area contributed by atoms with Gasteiger partial charge in [0, 0.05) is 25.5 Å². The van der Waals surface area contributed by atoms with Crippen molar-refractivity contribution in [3.63, 3.8) is 0 Å². The number of rotatable bonds is 5. The molecule has 0 aromatic rings. The van der Waals surface area contributed by atoms with Crippen LogP contribution < -0.4 is 0 Å². The van der Waals surface area contributed by atoms with Crippen LogP contribution in [-0.2, 0) is 19.1 Å². The molecule has 0 aromatic heterocycles. The maximum Gasteiger partial charge on any atom is 0.328 e. The van der Waals surface area contributed by atoms with Crippen molar-refractivity contribution >= 4 is 17.9 Å². The average molecular weight is 248 g/mol. The molecule has 0 saturated heterocycles. The fourth-order valence-corrected chi connectivity index (χ4v) is 0.640. The van der Waals surface area contributed by atoms with Crippen LogP contribution in [0.15, 0.2) is 12.2 Å². The maximum atomic E-state index is 10.1. The molecular formula is C10H16O7. The van der Waals surface area contributed by atoms with Crippen LogP contribution in [0.3, 0.4) is 0 Å². The van der Waals surface area contributed by atoms with Gasteiger partial charge in [0.05, 0.1) is 0 Å². The Morgan fingerprint density at radius 1 is 1.18 bits per heavy atom. The lowest BCUT2D eigenvalue weighted by Gasteiger charge is -2.07. The van der Waals surface area contributed by atoms with Crippen molar-refractivity contribution in [2.75, 3.05) is 0 Å². The van der Waals surface area contributed by atoms with Crippen molar-refractivity contribution in [2.24, 2.45) is 0 Å².